The van der Waals surface area contributed by atoms with Crippen LogP contribution < -0.4 is 17.0 Å². The van der Waals surface area contributed by atoms with Crippen molar-refractivity contribution in [1.29, 1.82) is 0 Å². The number of anilines is 1. The van der Waals surface area contributed by atoms with Gasteiger partial charge in [0.25, 0.3) is 5.56 Å². The van der Waals surface area contributed by atoms with Gasteiger partial charge in [0.05, 0.1) is 5.75 Å². The number of nitrogen functional groups attached to an aromatic ring is 1. The number of aromatic amines is 1. The first-order valence-electron chi connectivity index (χ1n) is 7.21. The molecule has 0 bridgehead atoms. The van der Waals surface area contributed by atoms with Crippen LogP contribution in [-0.4, -0.2) is 21.1 Å². The quantitative estimate of drug-likeness (QED) is 0.557. The molecule has 1 aromatic heterocycles. The molecular weight excluding hydrogens is 326 g/mol. The number of benzene rings is 2. The third-order valence-corrected chi connectivity index (χ3v) is 4.73. The van der Waals surface area contributed by atoms with Crippen LogP contribution in [0, 0.1) is 0 Å². The van der Waals surface area contributed by atoms with Gasteiger partial charge in [-0.2, -0.15) is 0 Å². The number of thioether (sulfide) groups is 1. The minimum absolute atomic E-state index is 0.0593. The summed E-state index contributed by atoms with van der Waals surface area (Å²) < 4.78 is 1.05. The number of fused-ring (bicyclic) bond motifs is 1. The lowest BCUT2D eigenvalue weighted by Crippen LogP contribution is -2.35. The van der Waals surface area contributed by atoms with Gasteiger partial charge in [-0.1, -0.05) is 30.3 Å². The Bertz CT molecular complexity index is 1050. The van der Waals surface area contributed by atoms with Crippen molar-refractivity contribution in [2.24, 2.45) is 7.05 Å². The Morgan fingerprint density at radius 3 is 2.62 bits per heavy atom. The number of carbonyl (C=O) groups excluding carboxylic acids is 1. The van der Waals surface area contributed by atoms with Crippen molar-refractivity contribution in [2.45, 2.75) is 4.90 Å². The third-order valence-electron chi connectivity index (χ3n) is 3.74. The van der Waals surface area contributed by atoms with Crippen molar-refractivity contribution in [3.8, 4) is 0 Å². The number of rotatable bonds is 4. The van der Waals surface area contributed by atoms with Crippen molar-refractivity contribution in [3.05, 3.63) is 68.9 Å². The lowest BCUT2D eigenvalue weighted by atomic mass is 10.1. The summed E-state index contributed by atoms with van der Waals surface area (Å²) in [4.78, 5) is 38.7. The molecule has 3 rings (SSSR count). The Morgan fingerprint density at radius 2 is 1.88 bits per heavy atom. The molecule has 0 fully saturated rings. The molecule has 6 nitrogen and oxygen atoms in total. The molecule has 0 saturated carbocycles. The van der Waals surface area contributed by atoms with E-state index in [0.29, 0.717) is 0 Å². The lowest BCUT2D eigenvalue weighted by Gasteiger charge is -2.08. The van der Waals surface area contributed by atoms with Gasteiger partial charge in [-0.05, 0) is 22.9 Å². The Morgan fingerprint density at radius 1 is 1.17 bits per heavy atom. The van der Waals surface area contributed by atoms with E-state index < -0.39 is 17.0 Å². The number of ketones is 1. The van der Waals surface area contributed by atoms with E-state index >= 15 is 0 Å². The molecule has 0 atom stereocenters. The Hall–Kier alpha value is -2.80. The predicted molar refractivity (Wildman–Crippen MR) is 95.7 cm³/mol. The molecule has 0 amide bonds. The first-order chi connectivity index (χ1) is 11.5. The number of hydrogen-bond donors (Lipinski definition) is 2. The van der Waals surface area contributed by atoms with Gasteiger partial charge >= 0.3 is 5.69 Å². The van der Waals surface area contributed by atoms with Gasteiger partial charge in [0.2, 0.25) is 0 Å². The molecule has 3 N–H and O–H groups in total. The maximum absolute atomic E-state index is 12.4. The van der Waals surface area contributed by atoms with E-state index in [1.807, 2.05) is 42.5 Å². The fourth-order valence-corrected chi connectivity index (χ4v) is 3.20. The van der Waals surface area contributed by atoms with Crippen LogP contribution in [0.25, 0.3) is 10.8 Å². The maximum atomic E-state index is 12.4. The summed E-state index contributed by atoms with van der Waals surface area (Å²) in [6, 6.07) is 13.8. The molecule has 0 radical (unpaired) electrons. The van der Waals surface area contributed by atoms with Crippen molar-refractivity contribution < 1.29 is 4.79 Å². The minimum Gasteiger partial charge on any atom is -0.384 e. The summed E-state index contributed by atoms with van der Waals surface area (Å²) in [6.45, 7) is 0. The summed E-state index contributed by atoms with van der Waals surface area (Å²) in [5.74, 6) is -0.473. The van der Waals surface area contributed by atoms with E-state index in [4.69, 9.17) is 5.73 Å². The van der Waals surface area contributed by atoms with Crippen LogP contribution in [0.2, 0.25) is 0 Å². The van der Waals surface area contributed by atoms with Gasteiger partial charge in [-0.15, -0.1) is 11.8 Å². The van der Waals surface area contributed by atoms with E-state index in [0.717, 1.165) is 20.2 Å². The predicted octanol–water partition coefficient (Wildman–Crippen LogP) is 1.78. The molecule has 0 aliphatic heterocycles. The standard InChI is InChI=1S/C17H15N3O3S/c1-20-15(18)14(16(22)19-17(20)23)13(21)9-24-12-7-6-10-4-2-3-5-11(10)8-12/h2-8H,9,18H2,1H3,(H,19,22,23). The highest BCUT2D eigenvalue weighted by Gasteiger charge is 2.18. The first-order valence-corrected chi connectivity index (χ1v) is 8.19. The van der Waals surface area contributed by atoms with Crippen LogP contribution >= 0.6 is 11.8 Å². The summed E-state index contributed by atoms with van der Waals surface area (Å²) in [7, 11) is 1.40. The van der Waals surface area contributed by atoms with Crippen LogP contribution in [-0.2, 0) is 7.05 Å². The normalized spacial score (nSPS) is 10.9. The zero-order chi connectivity index (χ0) is 17.3. The molecule has 0 spiro atoms. The molecule has 7 heteroatoms. The highest BCUT2D eigenvalue weighted by atomic mass is 32.2. The van der Waals surface area contributed by atoms with Crippen molar-refractivity contribution in [1.82, 2.24) is 9.55 Å². The van der Waals surface area contributed by atoms with Crippen LogP contribution in [0.1, 0.15) is 10.4 Å². The van der Waals surface area contributed by atoms with Gasteiger partial charge in [0, 0.05) is 11.9 Å². The third kappa shape index (κ3) is 2.98. The van der Waals surface area contributed by atoms with Crippen LogP contribution in [0.5, 0.6) is 0 Å². The second-order valence-corrected chi connectivity index (χ2v) is 6.35. The molecule has 2 aromatic carbocycles. The Labute approximate surface area is 141 Å². The SMILES string of the molecule is Cn1c(N)c(C(=O)CSc2ccc3ccccc3c2)c(=O)[nH]c1=O. The summed E-state index contributed by atoms with van der Waals surface area (Å²) >= 11 is 1.32. The maximum Gasteiger partial charge on any atom is 0.329 e. The molecule has 3 aromatic rings. The number of carbonyl (C=O) groups is 1. The second-order valence-electron chi connectivity index (χ2n) is 5.30. The Kier molecular flexibility index (Phi) is 4.26. The molecule has 0 aliphatic rings. The van der Waals surface area contributed by atoms with Gasteiger partial charge < -0.3 is 5.73 Å². The molecule has 0 saturated heterocycles. The fraction of sp³-hybridized carbons (Fsp3) is 0.118. The fourth-order valence-electron chi connectivity index (χ4n) is 2.38. The first kappa shape index (κ1) is 16.1. The van der Waals surface area contributed by atoms with Crippen molar-refractivity contribution in [3.63, 3.8) is 0 Å². The van der Waals surface area contributed by atoms with Gasteiger partial charge in [0.1, 0.15) is 11.4 Å². The van der Waals surface area contributed by atoms with E-state index in [1.165, 1.54) is 18.8 Å². The second kappa shape index (κ2) is 6.37. The molecule has 1 heterocycles. The highest BCUT2D eigenvalue weighted by Crippen LogP contribution is 2.24. The molecule has 0 unspecified atom stereocenters. The number of nitrogens with two attached hydrogens (primary N) is 1. The molecular formula is C17H15N3O3S. The van der Waals surface area contributed by atoms with Crippen molar-refractivity contribution >= 4 is 34.1 Å². The summed E-state index contributed by atoms with van der Waals surface area (Å²) in [5.41, 5.74) is 4.17. The zero-order valence-corrected chi connectivity index (χ0v) is 13.7. The minimum atomic E-state index is -0.750. The van der Waals surface area contributed by atoms with E-state index in [-0.39, 0.29) is 17.1 Å². The zero-order valence-electron chi connectivity index (χ0n) is 12.9. The summed E-state index contributed by atoms with van der Waals surface area (Å²) in [5, 5.41) is 2.20. The smallest absolute Gasteiger partial charge is 0.329 e. The van der Waals surface area contributed by atoms with Gasteiger partial charge in [0.15, 0.2) is 5.78 Å². The summed E-state index contributed by atoms with van der Waals surface area (Å²) in [6.07, 6.45) is 0. The van der Waals surface area contributed by atoms with E-state index in [9.17, 15) is 14.4 Å². The largest absolute Gasteiger partial charge is 0.384 e. The van der Waals surface area contributed by atoms with Crippen LogP contribution in [0.4, 0.5) is 5.82 Å². The number of hydrogen-bond acceptors (Lipinski definition) is 5. The Balaban J connectivity index is 1.84. The monoisotopic (exact) mass is 341 g/mol. The average Bonchev–Trinajstić information content (AvgIpc) is 2.58. The van der Waals surface area contributed by atoms with E-state index in [1.54, 1.807) is 0 Å². The average molecular weight is 341 g/mol. The van der Waals surface area contributed by atoms with Gasteiger partial charge in [-0.3, -0.25) is 19.1 Å². The topological polar surface area (TPSA) is 97.9 Å². The van der Waals surface area contributed by atoms with Gasteiger partial charge in [-0.25, -0.2) is 4.79 Å². The van der Waals surface area contributed by atoms with Crippen LogP contribution in [0.15, 0.2) is 56.9 Å². The number of Topliss-reactive ketones (excluding diaryl/α,β-unsaturated/α-hetero) is 1. The number of H-pyrrole nitrogens is 1. The number of aromatic nitrogens is 2. The van der Waals surface area contributed by atoms with E-state index in [2.05, 4.69) is 4.98 Å². The molecule has 24 heavy (non-hydrogen) atoms. The van der Waals surface area contributed by atoms with Crippen LogP contribution in [0.3, 0.4) is 0 Å². The number of nitrogens with one attached hydrogen (secondary N) is 1. The molecule has 0 aliphatic carbocycles. The number of nitrogens with zero attached hydrogens (tertiary/aromatic N) is 1. The van der Waals surface area contributed by atoms with Crippen molar-refractivity contribution in [2.75, 3.05) is 11.5 Å². The highest BCUT2D eigenvalue weighted by molar-refractivity contribution is 8.00. The lowest BCUT2D eigenvalue weighted by molar-refractivity contribution is 0.102. The molecule has 122 valence electrons.